The number of carbonyl (C=O) groups is 2. The third kappa shape index (κ3) is 5.00. The predicted octanol–water partition coefficient (Wildman–Crippen LogP) is 1.37. The van der Waals surface area contributed by atoms with Crippen molar-refractivity contribution in [2.24, 2.45) is 7.05 Å². The van der Waals surface area contributed by atoms with Crippen molar-refractivity contribution in [1.29, 1.82) is 0 Å². The summed E-state index contributed by atoms with van der Waals surface area (Å²) in [5.74, 6) is -1.58. The lowest BCUT2D eigenvalue weighted by molar-refractivity contribution is -0.142. The maximum atomic E-state index is 12.9. The van der Waals surface area contributed by atoms with Gasteiger partial charge in [0.05, 0.1) is 12.2 Å². The molecule has 0 bridgehead atoms. The fourth-order valence-corrected chi connectivity index (χ4v) is 3.87. The van der Waals surface area contributed by atoms with E-state index in [1.807, 2.05) is 51.2 Å². The quantitative estimate of drug-likeness (QED) is 0.371. The van der Waals surface area contributed by atoms with Gasteiger partial charge in [-0.3, -0.25) is 28.2 Å². The van der Waals surface area contributed by atoms with E-state index in [-0.39, 0.29) is 30.9 Å². The zero-order valence-electron chi connectivity index (χ0n) is 19.8. The molecule has 0 aliphatic rings. The summed E-state index contributed by atoms with van der Waals surface area (Å²) in [5, 5.41) is 4.32. The Balaban J connectivity index is 1.78. The summed E-state index contributed by atoms with van der Waals surface area (Å²) in [4.78, 5) is 50.8. The predicted molar refractivity (Wildman–Crippen MR) is 127 cm³/mol. The molecule has 180 valence electrons. The summed E-state index contributed by atoms with van der Waals surface area (Å²) in [7, 11) is 1.83. The lowest BCUT2D eigenvalue weighted by Crippen LogP contribution is -2.44. The highest BCUT2D eigenvalue weighted by molar-refractivity contribution is 6.01. The highest BCUT2D eigenvalue weighted by atomic mass is 16.5. The highest BCUT2D eigenvalue weighted by Crippen LogP contribution is 2.15. The maximum Gasteiger partial charge on any atom is 0.332 e. The second-order valence-corrected chi connectivity index (χ2v) is 8.02. The number of ether oxygens (including phenoxy) is 1. The van der Waals surface area contributed by atoms with Crippen LogP contribution >= 0.6 is 0 Å². The Morgan fingerprint density at radius 1 is 1.09 bits per heavy atom. The van der Waals surface area contributed by atoms with E-state index in [1.165, 1.54) is 4.57 Å². The van der Waals surface area contributed by atoms with Gasteiger partial charge in [0, 0.05) is 25.7 Å². The van der Waals surface area contributed by atoms with Gasteiger partial charge in [-0.1, -0.05) is 30.3 Å². The molecule has 2 aromatic heterocycles. The Morgan fingerprint density at radius 3 is 2.35 bits per heavy atom. The molecule has 0 fully saturated rings. The molecule has 10 heteroatoms. The van der Waals surface area contributed by atoms with E-state index in [1.54, 1.807) is 11.6 Å². The molecule has 0 radical (unpaired) electrons. The number of nitrogens with zero attached hydrogens (tertiary/aromatic N) is 4. The van der Waals surface area contributed by atoms with E-state index < -0.39 is 29.6 Å². The molecular weight excluding hydrogens is 438 g/mol. The van der Waals surface area contributed by atoms with Gasteiger partial charge < -0.3 is 10.5 Å². The van der Waals surface area contributed by atoms with Gasteiger partial charge in [0.25, 0.3) is 5.56 Å². The summed E-state index contributed by atoms with van der Waals surface area (Å²) >= 11 is 0. The molecule has 0 spiro atoms. The Hall–Kier alpha value is -3.95. The standard InChI is InChI=1S/C24H29N5O5/c1-5-28-23(32)21(22(25)29(24(28)33)13-17-9-7-6-8-10-17)19(30)14-34-20(31)12-11-18-15(2)26-27(4)16(18)3/h6-10H,5,11-14,25H2,1-4H3. The van der Waals surface area contributed by atoms with Gasteiger partial charge in [0.2, 0.25) is 5.78 Å². The lowest BCUT2D eigenvalue weighted by atomic mass is 10.1. The summed E-state index contributed by atoms with van der Waals surface area (Å²) < 4.78 is 9.00. The van der Waals surface area contributed by atoms with Gasteiger partial charge in [0.15, 0.2) is 6.61 Å². The smallest absolute Gasteiger partial charge is 0.332 e. The van der Waals surface area contributed by atoms with E-state index in [4.69, 9.17) is 10.5 Å². The van der Waals surface area contributed by atoms with Crippen LogP contribution in [0, 0.1) is 13.8 Å². The minimum Gasteiger partial charge on any atom is -0.457 e. The van der Waals surface area contributed by atoms with Crippen LogP contribution in [0.3, 0.4) is 0 Å². The minimum absolute atomic E-state index is 0.0584. The van der Waals surface area contributed by atoms with Crippen molar-refractivity contribution in [3.63, 3.8) is 0 Å². The van der Waals surface area contributed by atoms with Gasteiger partial charge in [-0.2, -0.15) is 5.10 Å². The van der Waals surface area contributed by atoms with Crippen molar-refractivity contribution >= 4 is 17.6 Å². The van der Waals surface area contributed by atoms with Crippen LogP contribution in [-0.2, 0) is 36.1 Å². The number of anilines is 1. The van der Waals surface area contributed by atoms with Gasteiger partial charge in [-0.15, -0.1) is 0 Å². The van der Waals surface area contributed by atoms with Crippen molar-refractivity contribution < 1.29 is 14.3 Å². The number of Topliss-reactive ketones (excluding diaryl/α,β-unsaturated/α-hetero) is 1. The number of nitrogens with two attached hydrogens (primary N) is 1. The van der Waals surface area contributed by atoms with Crippen molar-refractivity contribution in [1.82, 2.24) is 18.9 Å². The van der Waals surface area contributed by atoms with Crippen molar-refractivity contribution in [3.8, 4) is 0 Å². The van der Waals surface area contributed by atoms with E-state index in [0.29, 0.717) is 6.42 Å². The first kappa shape index (κ1) is 24.7. The summed E-state index contributed by atoms with van der Waals surface area (Å²) in [5.41, 5.74) is 7.87. The van der Waals surface area contributed by atoms with Crippen LogP contribution in [0.1, 0.15) is 46.2 Å². The van der Waals surface area contributed by atoms with Crippen LogP contribution < -0.4 is 17.0 Å². The van der Waals surface area contributed by atoms with Crippen LogP contribution in [0.15, 0.2) is 39.9 Å². The SMILES string of the molecule is CCn1c(=O)c(C(=O)COC(=O)CCc2c(C)nn(C)c2C)c(N)n(Cc2ccccc2)c1=O. The van der Waals surface area contributed by atoms with Gasteiger partial charge in [0.1, 0.15) is 11.4 Å². The van der Waals surface area contributed by atoms with Crippen molar-refractivity contribution in [3.05, 3.63) is 79.2 Å². The van der Waals surface area contributed by atoms with Crippen LogP contribution in [0.2, 0.25) is 0 Å². The van der Waals surface area contributed by atoms with Crippen LogP contribution in [-0.4, -0.2) is 37.3 Å². The summed E-state index contributed by atoms with van der Waals surface area (Å²) in [6.45, 7) is 4.92. The van der Waals surface area contributed by atoms with E-state index in [2.05, 4.69) is 5.10 Å². The minimum atomic E-state index is -0.794. The molecule has 0 saturated heterocycles. The number of esters is 1. The Labute approximate surface area is 196 Å². The molecule has 0 aliphatic heterocycles. The number of carbonyl (C=O) groups excluding carboxylic acids is 2. The molecule has 3 aromatic rings. The fourth-order valence-electron chi connectivity index (χ4n) is 3.87. The average Bonchev–Trinajstić information content (AvgIpc) is 3.05. The van der Waals surface area contributed by atoms with Crippen molar-refractivity contribution in [2.75, 3.05) is 12.3 Å². The average molecular weight is 468 g/mol. The van der Waals surface area contributed by atoms with E-state index in [0.717, 1.165) is 27.1 Å². The second kappa shape index (κ2) is 10.3. The third-order valence-electron chi connectivity index (χ3n) is 5.85. The van der Waals surface area contributed by atoms with Gasteiger partial charge in [-0.25, -0.2) is 4.79 Å². The van der Waals surface area contributed by atoms with Crippen LogP contribution in [0.4, 0.5) is 5.82 Å². The first-order chi connectivity index (χ1) is 16.1. The zero-order chi connectivity index (χ0) is 25.0. The third-order valence-corrected chi connectivity index (χ3v) is 5.85. The number of rotatable bonds is 9. The summed E-state index contributed by atoms with van der Waals surface area (Å²) in [6.07, 6.45) is 0.480. The molecule has 0 atom stereocenters. The van der Waals surface area contributed by atoms with Crippen LogP contribution in [0.5, 0.6) is 0 Å². The summed E-state index contributed by atoms with van der Waals surface area (Å²) in [6, 6.07) is 9.08. The molecule has 3 rings (SSSR count). The largest absolute Gasteiger partial charge is 0.457 e. The molecular formula is C24H29N5O5. The fraction of sp³-hybridized carbons (Fsp3) is 0.375. The van der Waals surface area contributed by atoms with Crippen molar-refractivity contribution in [2.45, 2.75) is 46.7 Å². The molecule has 2 N–H and O–H groups in total. The number of hydrogen-bond acceptors (Lipinski definition) is 7. The maximum absolute atomic E-state index is 12.9. The Bertz CT molecular complexity index is 1330. The number of aromatic nitrogens is 4. The van der Waals surface area contributed by atoms with Gasteiger partial charge >= 0.3 is 11.7 Å². The second-order valence-electron chi connectivity index (χ2n) is 8.02. The molecule has 1 aromatic carbocycles. The Kier molecular flexibility index (Phi) is 7.50. The normalized spacial score (nSPS) is 10.9. The molecule has 0 saturated carbocycles. The number of aryl methyl sites for hydroxylation is 2. The molecule has 0 amide bonds. The van der Waals surface area contributed by atoms with Gasteiger partial charge in [-0.05, 0) is 38.3 Å². The molecule has 0 aliphatic carbocycles. The number of benzene rings is 1. The zero-order valence-corrected chi connectivity index (χ0v) is 19.8. The number of nitrogen functional groups attached to an aromatic ring is 1. The highest BCUT2D eigenvalue weighted by Gasteiger charge is 2.23. The topological polar surface area (TPSA) is 131 Å². The van der Waals surface area contributed by atoms with Crippen LogP contribution in [0.25, 0.3) is 0 Å². The monoisotopic (exact) mass is 467 g/mol. The number of ketones is 1. The Morgan fingerprint density at radius 2 is 1.76 bits per heavy atom. The van der Waals surface area contributed by atoms with E-state index in [9.17, 15) is 19.2 Å². The molecule has 10 nitrogen and oxygen atoms in total. The lowest BCUT2D eigenvalue weighted by Gasteiger charge is -2.16. The molecule has 2 heterocycles. The molecule has 34 heavy (non-hydrogen) atoms. The first-order valence-electron chi connectivity index (χ1n) is 11.0. The number of hydrogen-bond donors (Lipinski definition) is 1. The first-order valence-corrected chi connectivity index (χ1v) is 11.0. The molecule has 0 unspecified atom stereocenters. The van der Waals surface area contributed by atoms with E-state index >= 15 is 0 Å².